The van der Waals surface area contributed by atoms with Crippen LogP contribution in [0.4, 0.5) is 11.4 Å². The van der Waals surface area contributed by atoms with Crippen LogP contribution in [0.1, 0.15) is 5.56 Å². The molecule has 6 nitrogen and oxygen atoms in total. The first-order valence-electron chi connectivity index (χ1n) is 9.70. The topological polar surface area (TPSA) is 67.2 Å². The van der Waals surface area contributed by atoms with Gasteiger partial charge in [0.25, 0.3) is 0 Å². The average Bonchev–Trinajstić information content (AvgIpc) is 2.77. The molecule has 4 rings (SSSR count). The van der Waals surface area contributed by atoms with Crippen LogP contribution in [0.3, 0.4) is 0 Å². The minimum Gasteiger partial charge on any atom is -0.370 e. The van der Waals surface area contributed by atoms with Crippen LogP contribution in [0.25, 0.3) is 10.9 Å². The Labute approximate surface area is 174 Å². The third-order valence-corrected chi connectivity index (χ3v) is 4.91. The monoisotopic (exact) mass is 398 g/mol. The van der Waals surface area contributed by atoms with Gasteiger partial charge in [0.2, 0.25) is 11.3 Å². The van der Waals surface area contributed by atoms with E-state index < -0.39 is 0 Å². The first kappa shape index (κ1) is 19.4. The number of amides is 1. The lowest BCUT2D eigenvalue weighted by molar-refractivity contribution is -0.116. The number of para-hydroxylation sites is 1. The smallest absolute Gasteiger partial charge is 0.246 e. The normalized spacial score (nSPS) is 10.7. The van der Waals surface area contributed by atoms with Gasteiger partial charge in [0.05, 0.1) is 11.7 Å². The van der Waals surface area contributed by atoms with Crippen LogP contribution in [-0.2, 0) is 17.9 Å². The molecule has 3 aromatic carbocycles. The van der Waals surface area contributed by atoms with Crippen molar-refractivity contribution < 1.29 is 4.79 Å². The fourth-order valence-corrected chi connectivity index (χ4v) is 3.37. The molecule has 0 aliphatic rings. The van der Waals surface area contributed by atoms with E-state index >= 15 is 0 Å². The molecular weight excluding hydrogens is 376 g/mol. The van der Waals surface area contributed by atoms with E-state index in [1.54, 1.807) is 18.2 Å². The molecule has 0 saturated carbocycles. The summed E-state index contributed by atoms with van der Waals surface area (Å²) in [6.45, 7) is 0.827. The predicted octanol–water partition coefficient (Wildman–Crippen LogP) is 3.67. The Morgan fingerprint density at radius 2 is 1.67 bits per heavy atom. The number of fused-ring (bicyclic) bond motifs is 1. The number of carbonyl (C=O) groups is 1. The molecule has 0 radical (unpaired) electrons. The maximum atomic E-state index is 12.5. The van der Waals surface area contributed by atoms with Crippen molar-refractivity contribution in [3.05, 3.63) is 101 Å². The molecule has 0 aliphatic carbocycles. The second kappa shape index (κ2) is 8.61. The highest BCUT2D eigenvalue weighted by atomic mass is 16.2. The highest BCUT2D eigenvalue weighted by molar-refractivity contribution is 5.91. The second-order valence-electron chi connectivity index (χ2n) is 7.12. The number of rotatable bonds is 6. The lowest BCUT2D eigenvalue weighted by Crippen LogP contribution is -2.22. The molecular formula is C24H22N4O2. The Kier molecular flexibility index (Phi) is 5.57. The van der Waals surface area contributed by atoms with Gasteiger partial charge < -0.3 is 10.2 Å². The summed E-state index contributed by atoms with van der Waals surface area (Å²) in [5.41, 5.74) is 3.49. The Balaban J connectivity index is 1.42. The molecule has 0 saturated heterocycles. The molecule has 1 aromatic heterocycles. The number of nitrogens with zero attached hydrogens (tertiary/aromatic N) is 3. The van der Waals surface area contributed by atoms with Crippen LogP contribution in [-0.4, -0.2) is 22.7 Å². The molecule has 0 fully saturated rings. The minimum atomic E-state index is -0.207. The van der Waals surface area contributed by atoms with Crippen LogP contribution in [0.2, 0.25) is 0 Å². The first-order valence-corrected chi connectivity index (χ1v) is 9.70. The summed E-state index contributed by atoms with van der Waals surface area (Å²) in [4.78, 5) is 26.6. The lowest BCUT2D eigenvalue weighted by atomic mass is 10.2. The molecule has 0 aliphatic heterocycles. The van der Waals surface area contributed by atoms with Crippen molar-refractivity contribution in [1.82, 2.24) is 9.78 Å². The van der Waals surface area contributed by atoms with Gasteiger partial charge in [0, 0.05) is 30.4 Å². The van der Waals surface area contributed by atoms with E-state index in [1.807, 2.05) is 55.6 Å². The van der Waals surface area contributed by atoms with Crippen LogP contribution < -0.4 is 15.6 Å². The van der Waals surface area contributed by atoms with E-state index in [1.165, 1.54) is 16.4 Å². The van der Waals surface area contributed by atoms with Crippen molar-refractivity contribution in [2.24, 2.45) is 0 Å². The van der Waals surface area contributed by atoms with Crippen molar-refractivity contribution in [1.29, 1.82) is 0 Å². The van der Waals surface area contributed by atoms with Crippen LogP contribution in [0.15, 0.2) is 89.9 Å². The van der Waals surface area contributed by atoms with Crippen LogP contribution in [0, 0.1) is 0 Å². The number of hydrogen-bond acceptors (Lipinski definition) is 4. The van der Waals surface area contributed by atoms with E-state index in [9.17, 15) is 9.59 Å². The molecule has 30 heavy (non-hydrogen) atoms. The van der Waals surface area contributed by atoms with Crippen molar-refractivity contribution in [2.45, 2.75) is 13.1 Å². The number of benzene rings is 3. The van der Waals surface area contributed by atoms with E-state index in [2.05, 4.69) is 27.4 Å². The van der Waals surface area contributed by atoms with Gasteiger partial charge in [-0.2, -0.15) is 5.10 Å². The third kappa shape index (κ3) is 4.38. The quantitative estimate of drug-likeness (QED) is 0.538. The van der Waals surface area contributed by atoms with E-state index in [0.29, 0.717) is 16.6 Å². The number of aromatic nitrogens is 2. The summed E-state index contributed by atoms with van der Waals surface area (Å²) in [7, 11) is 2.04. The number of hydrogen-bond donors (Lipinski definition) is 1. The zero-order chi connectivity index (χ0) is 20.9. The SMILES string of the molecule is CN(Cc1ccccc1)c1ccc(NC(=O)Cn2ncc(=O)c3ccccc32)cc1. The lowest BCUT2D eigenvalue weighted by Gasteiger charge is -2.20. The second-order valence-corrected chi connectivity index (χ2v) is 7.12. The first-order chi connectivity index (χ1) is 14.6. The van der Waals surface area contributed by atoms with Gasteiger partial charge in [-0.15, -0.1) is 0 Å². The summed E-state index contributed by atoms with van der Waals surface area (Å²) in [5, 5.41) is 7.54. The molecule has 0 bridgehead atoms. The predicted molar refractivity (Wildman–Crippen MR) is 120 cm³/mol. The molecule has 1 heterocycles. The van der Waals surface area contributed by atoms with Gasteiger partial charge in [-0.3, -0.25) is 14.3 Å². The standard InChI is InChI=1S/C24H22N4O2/c1-27(16-18-7-3-2-4-8-18)20-13-11-19(12-14-20)26-24(30)17-28-22-10-6-5-9-21(22)23(29)15-25-28/h2-15H,16-17H2,1H3,(H,26,30). The zero-order valence-corrected chi connectivity index (χ0v) is 16.7. The Hall–Kier alpha value is -3.93. The fraction of sp³-hybridized carbons (Fsp3) is 0.125. The molecule has 0 spiro atoms. The molecule has 4 aromatic rings. The van der Waals surface area contributed by atoms with Gasteiger partial charge in [0.15, 0.2) is 0 Å². The maximum absolute atomic E-state index is 12.5. The van der Waals surface area contributed by atoms with Gasteiger partial charge in [-0.25, -0.2) is 0 Å². The summed E-state index contributed by atoms with van der Waals surface area (Å²) < 4.78 is 1.54. The Morgan fingerprint density at radius 3 is 2.43 bits per heavy atom. The van der Waals surface area contributed by atoms with Gasteiger partial charge in [0.1, 0.15) is 6.54 Å². The van der Waals surface area contributed by atoms with Crippen molar-refractivity contribution in [3.8, 4) is 0 Å². The highest BCUT2D eigenvalue weighted by Crippen LogP contribution is 2.19. The number of nitrogens with one attached hydrogen (secondary N) is 1. The fourth-order valence-electron chi connectivity index (χ4n) is 3.37. The molecule has 0 unspecified atom stereocenters. The third-order valence-electron chi connectivity index (χ3n) is 4.91. The summed E-state index contributed by atoms with van der Waals surface area (Å²) >= 11 is 0. The maximum Gasteiger partial charge on any atom is 0.246 e. The van der Waals surface area contributed by atoms with Crippen LogP contribution >= 0.6 is 0 Å². The molecule has 150 valence electrons. The molecule has 0 atom stereocenters. The average molecular weight is 398 g/mol. The van der Waals surface area contributed by atoms with E-state index in [-0.39, 0.29) is 17.9 Å². The number of carbonyl (C=O) groups excluding carboxylic acids is 1. The molecule has 1 amide bonds. The van der Waals surface area contributed by atoms with Gasteiger partial charge >= 0.3 is 0 Å². The van der Waals surface area contributed by atoms with Crippen molar-refractivity contribution in [3.63, 3.8) is 0 Å². The summed E-state index contributed by atoms with van der Waals surface area (Å²) in [5.74, 6) is -0.207. The van der Waals surface area contributed by atoms with Crippen molar-refractivity contribution in [2.75, 3.05) is 17.3 Å². The largest absolute Gasteiger partial charge is 0.370 e. The highest BCUT2D eigenvalue weighted by Gasteiger charge is 2.09. The Morgan fingerprint density at radius 1 is 0.967 bits per heavy atom. The summed E-state index contributed by atoms with van der Waals surface area (Å²) in [6, 6.07) is 25.1. The van der Waals surface area contributed by atoms with Gasteiger partial charge in [-0.05, 0) is 42.0 Å². The molecule has 6 heteroatoms. The minimum absolute atomic E-state index is 0.0243. The van der Waals surface area contributed by atoms with E-state index in [0.717, 1.165) is 12.2 Å². The molecule has 1 N–H and O–H groups in total. The van der Waals surface area contributed by atoms with Gasteiger partial charge in [-0.1, -0.05) is 42.5 Å². The van der Waals surface area contributed by atoms with Crippen LogP contribution in [0.5, 0.6) is 0 Å². The van der Waals surface area contributed by atoms with E-state index in [4.69, 9.17) is 0 Å². The summed E-state index contributed by atoms with van der Waals surface area (Å²) in [6.07, 6.45) is 1.24. The van der Waals surface area contributed by atoms with Crippen molar-refractivity contribution >= 4 is 28.2 Å². The Bertz CT molecular complexity index is 1220. The zero-order valence-electron chi connectivity index (χ0n) is 16.7. The number of anilines is 2.